The molecular formula is C65H111NO5. The van der Waals surface area contributed by atoms with Crippen LogP contribution < -0.4 is 5.32 Å². The number of esters is 1. The monoisotopic (exact) mass is 986 g/mol. The third-order valence-corrected chi connectivity index (χ3v) is 12.9. The van der Waals surface area contributed by atoms with Crippen molar-refractivity contribution in [3.8, 4) is 0 Å². The molecule has 1 amide bonds. The smallest absolute Gasteiger partial charge is 0.306 e. The predicted octanol–water partition coefficient (Wildman–Crippen LogP) is 18.6. The van der Waals surface area contributed by atoms with Gasteiger partial charge in [-0.3, -0.25) is 9.59 Å². The van der Waals surface area contributed by atoms with Gasteiger partial charge in [0.05, 0.1) is 25.2 Å². The molecular weight excluding hydrogens is 875 g/mol. The van der Waals surface area contributed by atoms with Crippen molar-refractivity contribution in [1.29, 1.82) is 0 Å². The summed E-state index contributed by atoms with van der Waals surface area (Å²) in [4.78, 5) is 26.3. The number of hydrogen-bond donors (Lipinski definition) is 3. The maximum atomic E-state index is 13.3. The Bertz CT molecular complexity index is 1430. The number of carbonyl (C=O) groups is 2. The zero-order chi connectivity index (χ0) is 51.6. The molecule has 0 heterocycles. The lowest BCUT2D eigenvalue weighted by atomic mass is 10.0. The fourth-order valence-electron chi connectivity index (χ4n) is 8.47. The van der Waals surface area contributed by atoms with Crippen LogP contribution in [0.1, 0.15) is 265 Å². The SMILES string of the molecule is CC/C=C\C/C=C\C/C=C\C/C=C\C/C=C\CCCCCC(=O)OC(CCCCC/C=C/C=C/C=C/C=C/CCCCC)CC(=O)NC(CO)C(O)CCCCCCCCCCCCCCCCCCC. The van der Waals surface area contributed by atoms with Crippen LogP contribution in [0.5, 0.6) is 0 Å². The van der Waals surface area contributed by atoms with Crippen molar-refractivity contribution in [2.45, 2.75) is 283 Å². The summed E-state index contributed by atoms with van der Waals surface area (Å²) in [5.74, 6) is -0.554. The summed E-state index contributed by atoms with van der Waals surface area (Å²) in [7, 11) is 0. The first-order chi connectivity index (χ1) is 35.0. The lowest BCUT2D eigenvalue weighted by Crippen LogP contribution is -2.46. The highest BCUT2D eigenvalue weighted by molar-refractivity contribution is 5.77. The summed E-state index contributed by atoms with van der Waals surface area (Å²) in [6, 6.07) is -0.730. The molecule has 406 valence electrons. The Morgan fingerprint density at radius 1 is 0.437 bits per heavy atom. The summed E-state index contributed by atoms with van der Waals surface area (Å²) in [6.45, 7) is 6.33. The Morgan fingerprint density at radius 2 is 0.817 bits per heavy atom. The average Bonchev–Trinajstić information content (AvgIpc) is 3.36. The van der Waals surface area contributed by atoms with Gasteiger partial charge in [-0.05, 0) is 96.3 Å². The van der Waals surface area contributed by atoms with E-state index in [4.69, 9.17) is 4.74 Å². The van der Waals surface area contributed by atoms with E-state index in [9.17, 15) is 19.8 Å². The molecule has 3 atom stereocenters. The van der Waals surface area contributed by atoms with Crippen LogP contribution in [0.4, 0.5) is 0 Å². The Hall–Kier alpha value is -3.48. The molecule has 0 bridgehead atoms. The van der Waals surface area contributed by atoms with Crippen LogP contribution in [0.25, 0.3) is 0 Å². The van der Waals surface area contributed by atoms with Gasteiger partial charge in [0.2, 0.25) is 5.91 Å². The Morgan fingerprint density at radius 3 is 1.31 bits per heavy atom. The molecule has 0 saturated carbocycles. The zero-order valence-electron chi connectivity index (χ0n) is 46.3. The molecule has 6 nitrogen and oxygen atoms in total. The van der Waals surface area contributed by atoms with Crippen molar-refractivity contribution in [1.82, 2.24) is 5.32 Å². The standard InChI is InChI=1S/C65H111NO5/c1-4-7-10-13-16-19-22-25-28-31-32-34-37-40-43-46-49-52-55-58-65(70)71-61(56-53-50-47-44-41-38-35-30-27-24-21-18-15-12-9-6-3)59-64(69)66-62(60-67)63(68)57-54-51-48-45-42-39-36-33-29-26-23-20-17-14-11-8-5-2/h7,10,16,18-19,21,24-25,27-28,30,32,34-35,38,40-41,43,61-63,67-68H,4-6,8-9,11-15,17,20,22-23,26,29,31,33,36-37,39,42,44-60H2,1-3H3,(H,66,69)/b10-7-,19-16-,21-18+,27-24+,28-25-,34-32-,35-30+,41-38+,43-40-. The van der Waals surface area contributed by atoms with E-state index >= 15 is 0 Å². The molecule has 0 aromatic heterocycles. The third-order valence-electron chi connectivity index (χ3n) is 12.9. The topological polar surface area (TPSA) is 95.9 Å². The first-order valence-electron chi connectivity index (χ1n) is 29.7. The Labute approximate surface area is 438 Å². The van der Waals surface area contributed by atoms with Gasteiger partial charge in [0.25, 0.3) is 0 Å². The number of hydrogen-bond acceptors (Lipinski definition) is 5. The van der Waals surface area contributed by atoms with Crippen LogP contribution in [0.3, 0.4) is 0 Å². The van der Waals surface area contributed by atoms with E-state index in [-0.39, 0.29) is 24.9 Å². The predicted molar refractivity (Wildman–Crippen MR) is 310 cm³/mol. The number of rotatable bonds is 52. The second kappa shape index (κ2) is 57.4. The van der Waals surface area contributed by atoms with Gasteiger partial charge in [0.1, 0.15) is 6.10 Å². The van der Waals surface area contributed by atoms with E-state index < -0.39 is 18.2 Å². The zero-order valence-corrected chi connectivity index (χ0v) is 46.3. The van der Waals surface area contributed by atoms with Gasteiger partial charge in [-0.25, -0.2) is 0 Å². The molecule has 71 heavy (non-hydrogen) atoms. The lowest BCUT2D eigenvalue weighted by molar-refractivity contribution is -0.151. The number of aliphatic hydroxyl groups is 2. The molecule has 0 aromatic carbocycles. The number of ether oxygens (including phenoxy) is 1. The number of carbonyl (C=O) groups excluding carboxylic acids is 2. The fourth-order valence-corrected chi connectivity index (χ4v) is 8.47. The number of aliphatic hydroxyl groups excluding tert-OH is 2. The van der Waals surface area contributed by atoms with Gasteiger partial charge in [-0.15, -0.1) is 0 Å². The van der Waals surface area contributed by atoms with Crippen LogP contribution in [0.2, 0.25) is 0 Å². The van der Waals surface area contributed by atoms with Gasteiger partial charge in [-0.1, -0.05) is 265 Å². The van der Waals surface area contributed by atoms with Crippen LogP contribution in [-0.4, -0.2) is 46.9 Å². The summed E-state index contributed by atoms with van der Waals surface area (Å²) in [6.07, 6.45) is 78.6. The van der Waals surface area contributed by atoms with E-state index in [1.54, 1.807) is 0 Å². The molecule has 0 aliphatic rings. The number of unbranched alkanes of at least 4 members (excludes halogenated alkanes) is 25. The molecule has 0 aromatic rings. The highest BCUT2D eigenvalue weighted by Gasteiger charge is 2.24. The van der Waals surface area contributed by atoms with Crippen molar-refractivity contribution in [3.05, 3.63) is 109 Å². The summed E-state index contributed by atoms with van der Waals surface area (Å²) < 4.78 is 5.93. The van der Waals surface area contributed by atoms with Gasteiger partial charge in [-0.2, -0.15) is 0 Å². The van der Waals surface area contributed by atoms with Gasteiger partial charge >= 0.3 is 5.97 Å². The maximum Gasteiger partial charge on any atom is 0.306 e. The van der Waals surface area contributed by atoms with E-state index in [0.29, 0.717) is 19.3 Å². The second-order valence-corrected chi connectivity index (χ2v) is 19.8. The van der Waals surface area contributed by atoms with E-state index in [1.807, 2.05) is 6.08 Å². The highest BCUT2D eigenvalue weighted by Crippen LogP contribution is 2.18. The summed E-state index contributed by atoms with van der Waals surface area (Å²) in [5.41, 5.74) is 0. The van der Waals surface area contributed by atoms with Crippen LogP contribution >= 0.6 is 0 Å². The molecule has 0 saturated heterocycles. The molecule has 6 heteroatoms. The number of amides is 1. The fraction of sp³-hybridized carbons (Fsp3) is 0.692. The number of nitrogens with one attached hydrogen (secondary N) is 1. The van der Waals surface area contributed by atoms with Gasteiger partial charge < -0.3 is 20.3 Å². The molecule has 0 aliphatic carbocycles. The minimum Gasteiger partial charge on any atom is -0.462 e. The van der Waals surface area contributed by atoms with Crippen molar-refractivity contribution in [2.24, 2.45) is 0 Å². The van der Waals surface area contributed by atoms with E-state index in [0.717, 1.165) is 109 Å². The lowest BCUT2D eigenvalue weighted by Gasteiger charge is -2.24. The minimum atomic E-state index is -0.813. The molecule has 3 N–H and O–H groups in total. The van der Waals surface area contributed by atoms with Crippen molar-refractivity contribution in [2.75, 3.05) is 6.61 Å². The molecule has 0 rings (SSSR count). The average molecular weight is 987 g/mol. The second-order valence-electron chi connectivity index (χ2n) is 19.8. The minimum absolute atomic E-state index is 0.0320. The van der Waals surface area contributed by atoms with Crippen molar-refractivity contribution < 1.29 is 24.5 Å². The van der Waals surface area contributed by atoms with Crippen LogP contribution in [-0.2, 0) is 14.3 Å². The van der Waals surface area contributed by atoms with Gasteiger partial charge in [0, 0.05) is 6.42 Å². The third kappa shape index (κ3) is 52.7. The first-order valence-corrected chi connectivity index (χ1v) is 29.7. The molecule has 0 radical (unpaired) electrons. The Kier molecular flexibility index (Phi) is 54.6. The maximum absolute atomic E-state index is 13.3. The summed E-state index contributed by atoms with van der Waals surface area (Å²) in [5, 5.41) is 23.9. The summed E-state index contributed by atoms with van der Waals surface area (Å²) >= 11 is 0. The largest absolute Gasteiger partial charge is 0.462 e. The van der Waals surface area contributed by atoms with Gasteiger partial charge in [0.15, 0.2) is 0 Å². The van der Waals surface area contributed by atoms with E-state index in [1.165, 1.54) is 109 Å². The van der Waals surface area contributed by atoms with Crippen LogP contribution in [0.15, 0.2) is 109 Å². The molecule has 0 fully saturated rings. The van der Waals surface area contributed by atoms with Crippen molar-refractivity contribution >= 4 is 11.9 Å². The van der Waals surface area contributed by atoms with Crippen LogP contribution in [0, 0.1) is 0 Å². The Balaban J connectivity index is 4.69. The molecule has 3 unspecified atom stereocenters. The van der Waals surface area contributed by atoms with E-state index in [2.05, 4.69) is 129 Å². The highest BCUT2D eigenvalue weighted by atomic mass is 16.5. The first kappa shape index (κ1) is 67.5. The normalized spacial score (nSPS) is 13.9. The number of allylic oxidation sites excluding steroid dienone is 18. The quantitative estimate of drug-likeness (QED) is 0.0244. The van der Waals surface area contributed by atoms with Crippen molar-refractivity contribution in [3.63, 3.8) is 0 Å². The molecule has 0 aliphatic heterocycles. The molecule has 0 spiro atoms.